The van der Waals surface area contributed by atoms with Gasteiger partial charge in [0.05, 0.1) is 0 Å². The molecule has 0 saturated heterocycles. The molecule has 1 N–H and O–H groups in total. The van der Waals surface area contributed by atoms with Crippen LogP contribution in [0.25, 0.3) is 5.73 Å². The Morgan fingerprint density at radius 2 is 1.21 bits per heavy atom. The fourth-order valence-corrected chi connectivity index (χ4v) is 0.470. The van der Waals surface area contributed by atoms with Crippen molar-refractivity contribution < 1.29 is 21.7 Å². The Bertz CT molecular complexity index is 167. The number of hydrogen-bond donors (Lipinski definition) is 0. The van der Waals surface area contributed by atoms with Gasteiger partial charge in [-0.05, 0) is 0 Å². The summed E-state index contributed by atoms with van der Waals surface area (Å²) >= 11 is 0. The monoisotopic (exact) mass is 229 g/mol. The smallest absolute Gasteiger partial charge is 0.673 e. The van der Waals surface area contributed by atoms with E-state index in [1.54, 1.807) is 0 Å². The molecule has 0 bridgehead atoms. The Morgan fingerprint density at radius 1 is 1.00 bits per heavy atom. The zero-order valence-corrected chi connectivity index (χ0v) is 11.9. The van der Waals surface area contributed by atoms with Gasteiger partial charge in [0.2, 0.25) is 0 Å². The fraction of sp³-hybridized carbons (Fsp3) is 0.417. The molecule has 1 aromatic carbocycles. The van der Waals surface area contributed by atoms with E-state index < -0.39 is 0 Å². The van der Waals surface area contributed by atoms with Gasteiger partial charge in [-0.25, -0.2) is 12.1 Å². The summed E-state index contributed by atoms with van der Waals surface area (Å²) in [4.78, 5) is 0. The number of rotatable bonds is 0. The molecule has 0 aromatic heterocycles. The first-order valence-electron chi connectivity index (χ1n) is 3.83. The largest absolute Gasteiger partial charge is 4.00 e. The Labute approximate surface area is 105 Å². The molecular weight excluding hydrogens is 206 g/mol. The van der Waals surface area contributed by atoms with E-state index in [4.69, 9.17) is 5.73 Å². The quantitative estimate of drug-likeness (QED) is 0.463. The van der Waals surface area contributed by atoms with Crippen LogP contribution in [0.2, 0.25) is 0 Å². The molecule has 1 nitrogen and oxygen atoms in total. The molecule has 0 atom stereocenters. The minimum atomic E-state index is -0.250. The maximum absolute atomic E-state index is 6.94. The zero-order chi connectivity index (χ0) is 8.91. The van der Waals surface area contributed by atoms with Crippen molar-refractivity contribution in [2.24, 2.45) is 0 Å². The van der Waals surface area contributed by atoms with Crippen molar-refractivity contribution in [2.75, 3.05) is 0 Å². The fourth-order valence-electron chi connectivity index (χ4n) is 0.470. The van der Waals surface area contributed by atoms with E-state index in [9.17, 15) is 0 Å². The van der Waals surface area contributed by atoms with Crippen LogP contribution >= 0.6 is 0 Å². The van der Waals surface area contributed by atoms with Crippen molar-refractivity contribution in [1.29, 1.82) is 0 Å². The van der Waals surface area contributed by atoms with Crippen LogP contribution in [0, 0.1) is 21.8 Å². The van der Waals surface area contributed by atoms with Gasteiger partial charge in [0.25, 0.3) is 0 Å². The van der Waals surface area contributed by atoms with Crippen LogP contribution in [-0.4, -0.2) is 5.54 Å². The predicted octanol–water partition coefficient (Wildman–Crippen LogP) is 4.45. The van der Waals surface area contributed by atoms with Crippen LogP contribution in [0.3, 0.4) is 0 Å². The molecule has 0 fully saturated rings. The van der Waals surface area contributed by atoms with Crippen molar-refractivity contribution >= 4 is 0 Å². The van der Waals surface area contributed by atoms with E-state index in [-0.39, 0.29) is 42.1 Å². The summed E-state index contributed by atoms with van der Waals surface area (Å²) < 4.78 is 0. The van der Waals surface area contributed by atoms with Gasteiger partial charge in [-0.3, -0.25) is 0 Å². The second-order valence-electron chi connectivity index (χ2n) is 3.71. The Hall–Kier alpha value is 0.0243. The second-order valence-corrected chi connectivity index (χ2v) is 3.71. The average Bonchev–Trinajstić information content (AvgIpc) is 2.12. The molecule has 80 valence electrons. The first-order chi connectivity index (χ1) is 4.89. The second kappa shape index (κ2) is 11.1. The third-order valence-electron chi connectivity index (χ3n) is 0.829. The van der Waals surface area contributed by atoms with Gasteiger partial charge < -0.3 is 20.6 Å². The first kappa shape index (κ1) is 23.7. The van der Waals surface area contributed by atoms with Crippen molar-refractivity contribution in [3.05, 3.63) is 50.4 Å². The average molecular weight is 229 g/mol. The van der Waals surface area contributed by atoms with E-state index in [1.165, 1.54) is 5.56 Å². The molecule has 0 aliphatic rings. The molecule has 0 heterocycles. The SMILES string of the molecule is CC(C)(C)[NH-].C[c-]1cccc1.[CH3-].[CH3-].[Ti+4]. The summed E-state index contributed by atoms with van der Waals surface area (Å²) in [5, 5.41) is 0. The van der Waals surface area contributed by atoms with Gasteiger partial charge in [-0.2, -0.15) is 17.7 Å². The van der Waals surface area contributed by atoms with Crippen molar-refractivity contribution in [3.63, 3.8) is 0 Å². The van der Waals surface area contributed by atoms with E-state index in [1.807, 2.05) is 32.9 Å². The third-order valence-corrected chi connectivity index (χ3v) is 0.829. The molecular formula is C12H23NTi. The van der Waals surface area contributed by atoms with Gasteiger partial charge in [-0.1, -0.05) is 27.7 Å². The summed E-state index contributed by atoms with van der Waals surface area (Å²) in [6.45, 7) is 7.65. The molecule has 0 saturated carbocycles. The molecule has 14 heavy (non-hydrogen) atoms. The minimum Gasteiger partial charge on any atom is -0.673 e. The summed E-state index contributed by atoms with van der Waals surface area (Å²) in [5.74, 6) is 0. The van der Waals surface area contributed by atoms with E-state index in [0.29, 0.717) is 0 Å². The summed E-state index contributed by atoms with van der Waals surface area (Å²) in [6.07, 6.45) is 0. The normalized spacial score (nSPS) is 8.07. The van der Waals surface area contributed by atoms with Crippen LogP contribution in [-0.2, 0) is 21.7 Å². The van der Waals surface area contributed by atoms with E-state index in [0.717, 1.165) is 0 Å². The summed E-state index contributed by atoms with van der Waals surface area (Å²) in [5.41, 5.74) is 8.03. The van der Waals surface area contributed by atoms with Crippen molar-refractivity contribution in [1.82, 2.24) is 0 Å². The molecule has 1 rings (SSSR count). The summed E-state index contributed by atoms with van der Waals surface area (Å²) in [6, 6.07) is 8.24. The van der Waals surface area contributed by atoms with Crippen LogP contribution < -0.4 is 0 Å². The van der Waals surface area contributed by atoms with Crippen LogP contribution in [0.15, 0.2) is 24.3 Å². The minimum absolute atomic E-state index is 0. The Morgan fingerprint density at radius 3 is 1.29 bits per heavy atom. The molecule has 0 aliphatic heterocycles. The summed E-state index contributed by atoms with van der Waals surface area (Å²) in [7, 11) is 0. The van der Waals surface area contributed by atoms with Crippen molar-refractivity contribution in [3.8, 4) is 0 Å². The Kier molecular flexibility index (Phi) is 18.8. The van der Waals surface area contributed by atoms with Gasteiger partial charge in [0.15, 0.2) is 0 Å². The van der Waals surface area contributed by atoms with Gasteiger partial charge in [0, 0.05) is 0 Å². The van der Waals surface area contributed by atoms with Gasteiger partial charge in [0.1, 0.15) is 0 Å². The van der Waals surface area contributed by atoms with Crippen molar-refractivity contribution in [2.45, 2.75) is 33.2 Å². The molecule has 0 radical (unpaired) electrons. The van der Waals surface area contributed by atoms with E-state index >= 15 is 0 Å². The first-order valence-corrected chi connectivity index (χ1v) is 3.83. The maximum atomic E-state index is 6.94. The van der Waals surface area contributed by atoms with Gasteiger partial charge >= 0.3 is 21.7 Å². The Balaban J connectivity index is -0.0000000597. The maximum Gasteiger partial charge on any atom is 4.00 e. The zero-order valence-electron chi connectivity index (χ0n) is 10.3. The molecule has 2 heteroatoms. The molecule has 0 unspecified atom stereocenters. The standard InChI is InChI=1S/C6H7.C4H10N.2CH3.Ti/c1-6-4-2-3-5-6;1-4(2,3)5;;;/h2-5H,1H3;5H,1-3H3;2*1H3;/q4*-1;+4. The van der Waals surface area contributed by atoms with Crippen LogP contribution in [0.4, 0.5) is 0 Å². The molecule has 0 spiro atoms. The van der Waals surface area contributed by atoms with Gasteiger partial charge in [-0.15, -0.1) is 5.54 Å². The number of aryl methyl sites for hydroxylation is 1. The molecule has 1 aromatic rings. The molecule has 0 amide bonds. The topological polar surface area (TPSA) is 23.8 Å². The predicted molar refractivity (Wildman–Crippen MR) is 63.7 cm³/mol. The number of nitrogens with one attached hydrogen (secondary N) is 1. The third kappa shape index (κ3) is 29.6. The van der Waals surface area contributed by atoms with Crippen LogP contribution in [0.5, 0.6) is 0 Å². The van der Waals surface area contributed by atoms with E-state index in [2.05, 4.69) is 19.1 Å². The van der Waals surface area contributed by atoms with Crippen LogP contribution in [0.1, 0.15) is 26.3 Å². The number of hydrogen-bond acceptors (Lipinski definition) is 0. The molecule has 0 aliphatic carbocycles.